The maximum absolute atomic E-state index is 13.5. The SMILES string of the molecule is O=C1CC[C@@]2(OCc3ccccc3-c3ccccc3)[C@H]3Cc4ccc(O)c5c4[C@@]2(CCN3CC2CC2)C1O5. The molecule has 5 heteroatoms. The molecule has 0 amide bonds. The van der Waals surface area contributed by atoms with Crippen molar-refractivity contribution in [2.75, 3.05) is 13.1 Å². The van der Waals surface area contributed by atoms with Gasteiger partial charge in [0.25, 0.3) is 0 Å². The molecule has 3 aliphatic carbocycles. The average molecular weight is 508 g/mol. The Morgan fingerprint density at radius 2 is 1.82 bits per heavy atom. The highest BCUT2D eigenvalue weighted by Crippen LogP contribution is 2.66. The fourth-order valence-electron chi connectivity index (χ4n) is 8.28. The topological polar surface area (TPSA) is 59.0 Å². The lowest BCUT2D eigenvalue weighted by molar-refractivity contribution is -0.218. The van der Waals surface area contributed by atoms with E-state index in [0.717, 1.165) is 43.0 Å². The minimum absolute atomic E-state index is 0.141. The smallest absolute Gasteiger partial charge is 0.174 e. The lowest BCUT2D eigenvalue weighted by Crippen LogP contribution is -2.77. The number of hydrogen-bond acceptors (Lipinski definition) is 5. The van der Waals surface area contributed by atoms with Crippen molar-refractivity contribution in [1.82, 2.24) is 4.90 Å². The second kappa shape index (κ2) is 8.17. The number of phenols is 1. The van der Waals surface area contributed by atoms with E-state index in [1.54, 1.807) is 6.07 Å². The highest BCUT2D eigenvalue weighted by atomic mass is 16.5. The summed E-state index contributed by atoms with van der Waals surface area (Å²) in [6.07, 6.45) is 4.85. The van der Waals surface area contributed by atoms with Gasteiger partial charge in [-0.1, -0.05) is 60.7 Å². The van der Waals surface area contributed by atoms with Crippen LogP contribution in [0.5, 0.6) is 11.5 Å². The lowest BCUT2D eigenvalue weighted by atomic mass is 9.48. The maximum Gasteiger partial charge on any atom is 0.174 e. The molecule has 2 heterocycles. The minimum atomic E-state index is -0.589. The van der Waals surface area contributed by atoms with Gasteiger partial charge in [-0.15, -0.1) is 0 Å². The molecule has 38 heavy (non-hydrogen) atoms. The summed E-state index contributed by atoms with van der Waals surface area (Å²) < 4.78 is 13.7. The summed E-state index contributed by atoms with van der Waals surface area (Å²) in [4.78, 5) is 16.2. The Morgan fingerprint density at radius 3 is 2.66 bits per heavy atom. The summed E-state index contributed by atoms with van der Waals surface area (Å²) in [5.41, 5.74) is 4.68. The first kappa shape index (κ1) is 22.8. The van der Waals surface area contributed by atoms with Crippen molar-refractivity contribution < 1.29 is 19.4 Å². The predicted octanol–water partition coefficient (Wildman–Crippen LogP) is 5.42. The van der Waals surface area contributed by atoms with Crippen LogP contribution in [0.2, 0.25) is 0 Å². The third-order valence-electron chi connectivity index (χ3n) is 10.1. The molecule has 5 nitrogen and oxygen atoms in total. The zero-order valence-corrected chi connectivity index (χ0v) is 21.6. The number of Topliss-reactive ketones (excluding diaryl/α,β-unsaturated/α-hetero) is 1. The number of carbonyl (C=O) groups excluding carboxylic acids is 1. The van der Waals surface area contributed by atoms with Crippen LogP contribution >= 0.6 is 0 Å². The molecule has 0 aromatic heterocycles. The van der Waals surface area contributed by atoms with Gasteiger partial charge in [0.1, 0.15) is 0 Å². The van der Waals surface area contributed by atoms with Crippen molar-refractivity contribution in [3.63, 3.8) is 0 Å². The monoisotopic (exact) mass is 507 g/mol. The molecule has 1 spiro atoms. The van der Waals surface area contributed by atoms with Gasteiger partial charge >= 0.3 is 0 Å². The molecule has 1 N–H and O–H groups in total. The number of likely N-dealkylation sites (tertiary alicyclic amines) is 1. The molecule has 3 fully saturated rings. The number of rotatable bonds is 6. The molecule has 5 aliphatic rings. The molecule has 0 radical (unpaired) electrons. The fraction of sp³-hybridized carbons (Fsp3) is 0.424. The van der Waals surface area contributed by atoms with Crippen LogP contribution in [-0.4, -0.2) is 46.6 Å². The van der Waals surface area contributed by atoms with Crippen molar-refractivity contribution in [3.8, 4) is 22.6 Å². The lowest BCUT2D eigenvalue weighted by Gasteiger charge is -2.64. The third-order valence-corrected chi connectivity index (χ3v) is 10.1. The summed E-state index contributed by atoms with van der Waals surface area (Å²) in [6, 6.07) is 23.0. The van der Waals surface area contributed by atoms with Crippen LogP contribution in [0.15, 0.2) is 66.7 Å². The van der Waals surface area contributed by atoms with E-state index in [0.29, 0.717) is 25.2 Å². The normalized spacial score (nSPS) is 31.1. The van der Waals surface area contributed by atoms with Crippen LogP contribution in [-0.2, 0) is 28.0 Å². The molecule has 3 aromatic rings. The number of piperidine rings is 1. The van der Waals surface area contributed by atoms with Crippen molar-refractivity contribution >= 4 is 5.78 Å². The first-order valence-electron chi connectivity index (χ1n) is 14.2. The zero-order chi connectivity index (χ0) is 25.5. The molecule has 1 saturated heterocycles. The molecule has 2 aliphatic heterocycles. The molecule has 2 bridgehead atoms. The number of benzene rings is 3. The molecule has 2 saturated carbocycles. The van der Waals surface area contributed by atoms with Crippen LogP contribution in [0.4, 0.5) is 0 Å². The first-order valence-corrected chi connectivity index (χ1v) is 14.2. The van der Waals surface area contributed by atoms with Crippen molar-refractivity contribution in [1.29, 1.82) is 0 Å². The highest BCUT2D eigenvalue weighted by Gasteiger charge is 2.74. The highest BCUT2D eigenvalue weighted by molar-refractivity contribution is 5.90. The van der Waals surface area contributed by atoms with Gasteiger partial charge in [0.05, 0.1) is 17.6 Å². The maximum atomic E-state index is 13.5. The van der Waals surface area contributed by atoms with E-state index in [4.69, 9.17) is 9.47 Å². The molecular weight excluding hydrogens is 474 g/mol. The zero-order valence-electron chi connectivity index (χ0n) is 21.6. The number of carbonyl (C=O) groups is 1. The van der Waals surface area contributed by atoms with Crippen molar-refractivity contribution in [2.24, 2.45) is 5.92 Å². The summed E-state index contributed by atoms with van der Waals surface area (Å²) >= 11 is 0. The van der Waals surface area contributed by atoms with Crippen LogP contribution in [0.25, 0.3) is 11.1 Å². The molecular formula is C33H33NO4. The summed E-state index contributed by atoms with van der Waals surface area (Å²) in [7, 11) is 0. The Hall–Kier alpha value is -3.15. The van der Waals surface area contributed by atoms with E-state index in [2.05, 4.69) is 59.5 Å². The Kier molecular flexibility index (Phi) is 4.90. The predicted molar refractivity (Wildman–Crippen MR) is 144 cm³/mol. The second-order valence-electron chi connectivity index (χ2n) is 12.0. The van der Waals surface area contributed by atoms with Gasteiger partial charge in [0, 0.05) is 24.6 Å². The number of ketones is 1. The third kappa shape index (κ3) is 3.03. The number of phenolic OH excluding ortho intramolecular Hbond substituents is 1. The van der Waals surface area contributed by atoms with Gasteiger partial charge in [-0.25, -0.2) is 0 Å². The van der Waals surface area contributed by atoms with Crippen LogP contribution in [0, 0.1) is 5.92 Å². The van der Waals surface area contributed by atoms with Gasteiger partial charge in [-0.2, -0.15) is 0 Å². The van der Waals surface area contributed by atoms with Gasteiger partial charge in [-0.3, -0.25) is 9.69 Å². The average Bonchev–Trinajstić information content (AvgIpc) is 3.69. The Labute approximate surface area is 223 Å². The fourth-order valence-corrected chi connectivity index (χ4v) is 8.28. The molecule has 1 unspecified atom stereocenters. The van der Waals surface area contributed by atoms with E-state index >= 15 is 0 Å². The summed E-state index contributed by atoms with van der Waals surface area (Å²) in [5, 5.41) is 10.8. The van der Waals surface area contributed by atoms with Crippen LogP contribution in [0.1, 0.15) is 48.8 Å². The minimum Gasteiger partial charge on any atom is -0.504 e. The summed E-state index contributed by atoms with van der Waals surface area (Å²) in [6.45, 7) is 2.52. The number of aromatic hydroxyl groups is 1. The molecule has 8 rings (SSSR count). The number of nitrogens with zero attached hydrogens (tertiary/aromatic N) is 1. The molecule has 194 valence electrons. The standard InChI is InChI=1S/C33H33NO4/c35-26-13-12-23-18-28-33(37-20-24-8-4-5-9-25(24)22-6-2-1-3-7-22)15-14-27(36)31-32(33,29(23)30(26)38-31)16-17-34(28)19-21-10-11-21/h1-9,12-13,21,28,31,35H,10-11,14-20H2/t28-,31?,32+,33-/m1/s1. The Balaban J connectivity index is 1.26. The second-order valence-corrected chi connectivity index (χ2v) is 12.0. The van der Waals surface area contributed by atoms with E-state index in [-0.39, 0.29) is 17.6 Å². The Bertz CT molecular complexity index is 1430. The van der Waals surface area contributed by atoms with E-state index < -0.39 is 17.1 Å². The van der Waals surface area contributed by atoms with Gasteiger partial charge in [0.15, 0.2) is 23.4 Å². The van der Waals surface area contributed by atoms with E-state index in [1.807, 2.05) is 6.07 Å². The van der Waals surface area contributed by atoms with Crippen molar-refractivity contribution in [3.05, 3.63) is 83.4 Å². The van der Waals surface area contributed by atoms with Gasteiger partial charge in [-0.05, 0) is 72.9 Å². The van der Waals surface area contributed by atoms with E-state index in [9.17, 15) is 9.90 Å². The Morgan fingerprint density at radius 1 is 1.00 bits per heavy atom. The van der Waals surface area contributed by atoms with Crippen LogP contribution < -0.4 is 4.74 Å². The van der Waals surface area contributed by atoms with Gasteiger partial charge < -0.3 is 14.6 Å². The number of ether oxygens (including phenoxy) is 2. The largest absolute Gasteiger partial charge is 0.504 e. The first-order chi connectivity index (χ1) is 18.6. The molecule has 4 atom stereocenters. The van der Waals surface area contributed by atoms with Crippen molar-refractivity contribution in [2.45, 2.75) is 68.3 Å². The molecule has 3 aromatic carbocycles. The van der Waals surface area contributed by atoms with Gasteiger partial charge in [0.2, 0.25) is 0 Å². The van der Waals surface area contributed by atoms with Crippen LogP contribution in [0.3, 0.4) is 0 Å². The number of hydrogen-bond donors (Lipinski definition) is 1. The quantitative estimate of drug-likeness (QED) is 0.483. The summed E-state index contributed by atoms with van der Waals surface area (Å²) in [5.74, 6) is 1.58. The van der Waals surface area contributed by atoms with E-state index in [1.165, 1.54) is 29.5 Å².